The van der Waals surface area contributed by atoms with E-state index in [4.69, 9.17) is 0 Å². The van der Waals surface area contributed by atoms with E-state index in [-0.39, 0.29) is 18.2 Å². The van der Waals surface area contributed by atoms with Crippen LogP contribution in [0, 0.1) is 0 Å². The van der Waals surface area contributed by atoms with Gasteiger partial charge in [0, 0.05) is 48.6 Å². The van der Waals surface area contributed by atoms with E-state index in [2.05, 4.69) is 44.8 Å². The third-order valence-corrected chi connectivity index (χ3v) is 5.29. The summed E-state index contributed by atoms with van der Waals surface area (Å²) in [6.45, 7) is 4.12. The molecule has 28 heavy (non-hydrogen) atoms. The minimum absolute atomic E-state index is 0. The number of aromatic hydroxyl groups is 1. The molecular weight excluding hydrogens is 392 g/mol. The molecule has 0 saturated carbocycles. The second-order valence-electron chi connectivity index (χ2n) is 6.41. The number of thiazole rings is 1. The van der Waals surface area contributed by atoms with E-state index in [1.807, 2.05) is 30.5 Å². The van der Waals surface area contributed by atoms with Gasteiger partial charge >= 0.3 is 0 Å². The van der Waals surface area contributed by atoms with Crippen molar-refractivity contribution in [2.75, 3.05) is 36.4 Å². The third-order valence-electron chi connectivity index (χ3n) is 4.41. The fourth-order valence-electron chi connectivity index (χ4n) is 3.06. The molecule has 1 aromatic heterocycles. The van der Waals surface area contributed by atoms with Gasteiger partial charge < -0.3 is 20.6 Å². The molecule has 3 aromatic rings. The van der Waals surface area contributed by atoms with Crippen LogP contribution < -0.4 is 15.5 Å². The molecule has 0 spiro atoms. The first-order valence-corrected chi connectivity index (χ1v) is 9.84. The summed E-state index contributed by atoms with van der Waals surface area (Å²) in [5, 5.41) is 17.2. The molecule has 1 saturated heterocycles. The number of hydrogen-bond acceptors (Lipinski definition) is 6. The van der Waals surface area contributed by atoms with Gasteiger partial charge in [-0.1, -0.05) is 35.6 Å². The largest absolute Gasteiger partial charge is 0.508 e. The lowest BCUT2D eigenvalue weighted by molar-refractivity contribution is 0.475. The van der Waals surface area contributed by atoms with E-state index in [1.54, 1.807) is 23.5 Å². The molecule has 0 atom stereocenters. The smallest absolute Gasteiger partial charge is 0.187 e. The fraction of sp³-hybridized carbons (Fsp3) is 0.190. The van der Waals surface area contributed by atoms with Gasteiger partial charge in [-0.15, -0.1) is 12.4 Å². The number of anilines is 3. The lowest BCUT2D eigenvalue weighted by atomic mass is 10.2. The number of halogens is 1. The normalized spacial score (nSPS) is 14.1. The Labute approximate surface area is 175 Å². The minimum Gasteiger partial charge on any atom is -0.508 e. The van der Waals surface area contributed by atoms with Crippen LogP contribution in [0.25, 0.3) is 12.2 Å². The topological polar surface area (TPSA) is 60.4 Å². The Morgan fingerprint density at radius 3 is 2.71 bits per heavy atom. The SMILES string of the molecule is Cl.Oc1cccc(C=Cc2cnc(Nc3cccc(N4CCNCC4)c3)s2)c1. The van der Waals surface area contributed by atoms with Crippen LogP contribution in [0.5, 0.6) is 5.75 Å². The molecule has 0 aliphatic carbocycles. The van der Waals surface area contributed by atoms with Crippen LogP contribution in [-0.4, -0.2) is 36.3 Å². The van der Waals surface area contributed by atoms with Crippen LogP contribution in [-0.2, 0) is 0 Å². The summed E-state index contributed by atoms with van der Waals surface area (Å²) in [5.41, 5.74) is 3.24. The maximum absolute atomic E-state index is 9.53. The van der Waals surface area contributed by atoms with Crippen LogP contribution in [0.3, 0.4) is 0 Å². The van der Waals surface area contributed by atoms with Crippen LogP contribution in [0.1, 0.15) is 10.4 Å². The molecule has 0 bridgehead atoms. The molecule has 1 aliphatic rings. The van der Waals surface area contributed by atoms with Crippen molar-refractivity contribution in [1.29, 1.82) is 0 Å². The Balaban J connectivity index is 0.00000225. The number of phenols is 1. The van der Waals surface area contributed by atoms with E-state index < -0.39 is 0 Å². The number of phenolic OH excluding ortho intramolecular Hbond substituents is 1. The summed E-state index contributed by atoms with van der Waals surface area (Å²) in [4.78, 5) is 7.92. The van der Waals surface area contributed by atoms with Gasteiger partial charge in [-0.25, -0.2) is 4.98 Å². The Hall–Kier alpha value is -2.54. The molecule has 5 nitrogen and oxygen atoms in total. The summed E-state index contributed by atoms with van der Waals surface area (Å²) in [5.74, 6) is 0.271. The van der Waals surface area contributed by atoms with E-state index >= 15 is 0 Å². The second kappa shape index (κ2) is 9.59. The predicted octanol–water partition coefficient (Wildman–Crippen LogP) is 4.59. The van der Waals surface area contributed by atoms with Crippen molar-refractivity contribution < 1.29 is 5.11 Å². The number of nitrogens with one attached hydrogen (secondary N) is 2. The quantitative estimate of drug-likeness (QED) is 0.569. The highest BCUT2D eigenvalue weighted by atomic mass is 35.5. The van der Waals surface area contributed by atoms with Gasteiger partial charge in [-0.05, 0) is 42.0 Å². The summed E-state index contributed by atoms with van der Waals surface area (Å²) in [6.07, 6.45) is 5.84. The standard InChI is InChI=1S/C21H22N4OS.ClH/c26-19-6-1-3-16(13-19)7-8-20-15-23-21(27-20)24-17-4-2-5-18(14-17)25-11-9-22-10-12-25;/h1-8,13-15,22,26H,9-12H2,(H,23,24);1H. The summed E-state index contributed by atoms with van der Waals surface area (Å²) in [7, 11) is 0. The van der Waals surface area contributed by atoms with Crippen molar-refractivity contribution in [3.63, 3.8) is 0 Å². The predicted molar refractivity (Wildman–Crippen MR) is 121 cm³/mol. The average Bonchev–Trinajstić information content (AvgIpc) is 3.15. The first-order chi connectivity index (χ1) is 13.3. The van der Waals surface area contributed by atoms with Gasteiger partial charge in [0.1, 0.15) is 5.75 Å². The molecule has 2 heterocycles. The molecule has 4 rings (SSSR count). The molecular formula is C21H23ClN4OS. The van der Waals surface area contributed by atoms with Gasteiger partial charge in [-0.3, -0.25) is 0 Å². The average molecular weight is 415 g/mol. The number of benzene rings is 2. The number of piperazine rings is 1. The van der Waals surface area contributed by atoms with Crippen LogP contribution in [0.2, 0.25) is 0 Å². The van der Waals surface area contributed by atoms with E-state index in [0.717, 1.165) is 47.4 Å². The third kappa shape index (κ3) is 5.25. The molecule has 0 radical (unpaired) electrons. The highest BCUT2D eigenvalue weighted by Gasteiger charge is 2.11. The monoisotopic (exact) mass is 414 g/mol. The van der Waals surface area contributed by atoms with Gasteiger partial charge in [0.2, 0.25) is 0 Å². The Kier molecular flexibility index (Phi) is 6.92. The lowest BCUT2D eigenvalue weighted by Gasteiger charge is -2.29. The fourth-order valence-corrected chi connectivity index (χ4v) is 3.79. The molecule has 3 N–H and O–H groups in total. The van der Waals surface area contributed by atoms with Gasteiger partial charge in [0.05, 0.1) is 0 Å². The zero-order chi connectivity index (χ0) is 18.5. The highest BCUT2D eigenvalue weighted by molar-refractivity contribution is 7.16. The van der Waals surface area contributed by atoms with Crippen LogP contribution in [0.15, 0.2) is 54.7 Å². The Morgan fingerprint density at radius 2 is 1.89 bits per heavy atom. The zero-order valence-corrected chi connectivity index (χ0v) is 17.0. The molecule has 146 valence electrons. The first kappa shape index (κ1) is 20.2. The van der Waals surface area contributed by atoms with Gasteiger partial charge in [0.25, 0.3) is 0 Å². The Morgan fingerprint density at radius 1 is 1.07 bits per heavy atom. The van der Waals surface area contributed by atoms with Crippen molar-refractivity contribution >= 4 is 52.4 Å². The van der Waals surface area contributed by atoms with Crippen molar-refractivity contribution in [2.45, 2.75) is 0 Å². The van der Waals surface area contributed by atoms with E-state index in [0.29, 0.717) is 0 Å². The number of rotatable bonds is 5. The van der Waals surface area contributed by atoms with Crippen LogP contribution in [0.4, 0.5) is 16.5 Å². The molecule has 7 heteroatoms. The molecule has 2 aromatic carbocycles. The van der Waals surface area contributed by atoms with Crippen LogP contribution >= 0.6 is 23.7 Å². The second-order valence-corrected chi connectivity index (χ2v) is 7.47. The summed E-state index contributed by atoms with van der Waals surface area (Å²) < 4.78 is 0. The number of hydrogen-bond donors (Lipinski definition) is 3. The van der Waals surface area contributed by atoms with E-state index in [1.165, 1.54) is 5.69 Å². The highest BCUT2D eigenvalue weighted by Crippen LogP contribution is 2.27. The van der Waals surface area contributed by atoms with E-state index in [9.17, 15) is 5.11 Å². The van der Waals surface area contributed by atoms with Gasteiger partial charge in [0.15, 0.2) is 5.13 Å². The number of aromatic nitrogens is 1. The number of nitrogens with zero attached hydrogens (tertiary/aromatic N) is 2. The molecule has 0 unspecified atom stereocenters. The molecule has 0 amide bonds. The summed E-state index contributed by atoms with van der Waals surface area (Å²) >= 11 is 1.60. The van der Waals surface area contributed by atoms with Crippen molar-refractivity contribution in [1.82, 2.24) is 10.3 Å². The zero-order valence-electron chi connectivity index (χ0n) is 15.3. The summed E-state index contributed by atoms with van der Waals surface area (Å²) in [6, 6.07) is 15.7. The van der Waals surface area contributed by atoms with Gasteiger partial charge in [-0.2, -0.15) is 0 Å². The van der Waals surface area contributed by atoms with Crippen molar-refractivity contribution in [3.05, 3.63) is 65.2 Å². The molecule has 1 fully saturated rings. The van der Waals surface area contributed by atoms with Crippen molar-refractivity contribution in [2.24, 2.45) is 0 Å². The Bertz CT molecular complexity index is 937. The maximum Gasteiger partial charge on any atom is 0.187 e. The molecule has 1 aliphatic heterocycles. The first-order valence-electron chi connectivity index (χ1n) is 9.02. The minimum atomic E-state index is 0. The maximum atomic E-state index is 9.53. The van der Waals surface area contributed by atoms with Crippen molar-refractivity contribution in [3.8, 4) is 5.75 Å². The lowest BCUT2D eigenvalue weighted by Crippen LogP contribution is -2.43.